The fraction of sp³-hybridized carbons (Fsp3) is 0.167. The van der Waals surface area contributed by atoms with Gasteiger partial charge in [0.05, 0.1) is 10.2 Å². The molecule has 3 rings (SSSR count). The highest BCUT2D eigenvalue weighted by Gasteiger charge is 2.18. The number of fused-ring (bicyclic) bond motifs is 1. The van der Waals surface area contributed by atoms with Crippen LogP contribution in [0.2, 0.25) is 0 Å². The molecule has 0 aliphatic rings. The average Bonchev–Trinajstić information content (AvgIpc) is 2.83. The van der Waals surface area contributed by atoms with Gasteiger partial charge in [-0.1, -0.05) is 6.07 Å². The molecule has 0 unspecified atom stereocenters. The third kappa shape index (κ3) is 3.56. The van der Waals surface area contributed by atoms with Crippen LogP contribution in [-0.2, 0) is 4.79 Å². The van der Waals surface area contributed by atoms with Gasteiger partial charge in [-0.2, -0.15) is 0 Å². The standard InChI is InChI=1S/C18H17BrN4O2/c1-10-7-15(19)17-20-11(2)16(23(17)9-10)18(25)22-14-6-4-5-13(8-14)21-12(3)24/h4-9H,1-3H3,(H,21,24)(H,22,25). The fourth-order valence-electron chi connectivity index (χ4n) is 2.69. The number of anilines is 2. The summed E-state index contributed by atoms with van der Waals surface area (Å²) in [5, 5.41) is 5.56. The van der Waals surface area contributed by atoms with Gasteiger partial charge in [-0.25, -0.2) is 4.98 Å². The molecule has 0 atom stereocenters. The van der Waals surface area contributed by atoms with Gasteiger partial charge in [-0.05, 0) is 59.6 Å². The van der Waals surface area contributed by atoms with Gasteiger partial charge in [0.2, 0.25) is 5.91 Å². The van der Waals surface area contributed by atoms with E-state index in [1.54, 1.807) is 35.6 Å². The molecular weight excluding hydrogens is 384 g/mol. The smallest absolute Gasteiger partial charge is 0.274 e. The van der Waals surface area contributed by atoms with E-state index < -0.39 is 0 Å². The number of nitrogens with one attached hydrogen (secondary N) is 2. The number of aryl methyl sites for hydroxylation is 2. The Bertz CT molecular complexity index is 994. The molecule has 0 saturated carbocycles. The average molecular weight is 401 g/mol. The van der Waals surface area contributed by atoms with E-state index in [9.17, 15) is 9.59 Å². The quantitative estimate of drug-likeness (QED) is 0.699. The summed E-state index contributed by atoms with van der Waals surface area (Å²) in [5.74, 6) is -0.427. The van der Waals surface area contributed by atoms with Crippen molar-refractivity contribution < 1.29 is 9.59 Å². The molecular formula is C18H17BrN4O2. The highest BCUT2D eigenvalue weighted by molar-refractivity contribution is 9.10. The van der Waals surface area contributed by atoms with Crippen LogP contribution in [0.1, 0.15) is 28.7 Å². The summed E-state index contributed by atoms with van der Waals surface area (Å²) in [7, 11) is 0. The maximum atomic E-state index is 12.8. The summed E-state index contributed by atoms with van der Waals surface area (Å²) in [5.41, 5.74) is 4.04. The number of rotatable bonds is 3. The molecule has 0 bridgehead atoms. The topological polar surface area (TPSA) is 75.5 Å². The Kier molecular flexibility index (Phi) is 4.59. The third-order valence-electron chi connectivity index (χ3n) is 3.64. The lowest BCUT2D eigenvalue weighted by Gasteiger charge is -2.09. The molecule has 3 aromatic rings. The van der Waals surface area contributed by atoms with Crippen molar-refractivity contribution in [1.29, 1.82) is 0 Å². The van der Waals surface area contributed by atoms with Gasteiger partial charge in [0.1, 0.15) is 5.69 Å². The van der Waals surface area contributed by atoms with Crippen molar-refractivity contribution in [2.24, 2.45) is 0 Å². The molecule has 128 valence electrons. The zero-order valence-corrected chi connectivity index (χ0v) is 15.6. The molecule has 0 radical (unpaired) electrons. The molecule has 2 heterocycles. The molecule has 0 saturated heterocycles. The zero-order chi connectivity index (χ0) is 18.1. The number of benzene rings is 1. The van der Waals surface area contributed by atoms with Crippen molar-refractivity contribution in [2.45, 2.75) is 20.8 Å². The van der Waals surface area contributed by atoms with Crippen LogP contribution in [0.3, 0.4) is 0 Å². The van der Waals surface area contributed by atoms with Crippen LogP contribution in [-0.4, -0.2) is 21.2 Å². The van der Waals surface area contributed by atoms with Gasteiger partial charge in [-0.3, -0.25) is 14.0 Å². The highest BCUT2D eigenvalue weighted by atomic mass is 79.9. The summed E-state index contributed by atoms with van der Waals surface area (Å²) < 4.78 is 2.61. The molecule has 0 spiro atoms. The largest absolute Gasteiger partial charge is 0.326 e. The summed E-state index contributed by atoms with van der Waals surface area (Å²) >= 11 is 3.49. The van der Waals surface area contributed by atoms with Crippen molar-refractivity contribution >= 4 is 44.8 Å². The van der Waals surface area contributed by atoms with Crippen molar-refractivity contribution in [3.63, 3.8) is 0 Å². The Morgan fingerprint density at radius 1 is 1.12 bits per heavy atom. The first-order valence-electron chi connectivity index (χ1n) is 7.69. The summed E-state index contributed by atoms with van der Waals surface area (Å²) in [4.78, 5) is 28.4. The number of halogens is 1. The molecule has 2 aromatic heterocycles. The van der Waals surface area contributed by atoms with Crippen LogP contribution in [0.15, 0.2) is 41.0 Å². The number of carbonyl (C=O) groups is 2. The van der Waals surface area contributed by atoms with Crippen LogP contribution < -0.4 is 10.6 Å². The minimum absolute atomic E-state index is 0.165. The lowest BCUT2D eigenvalue weighted by molar-refractivity contribution is -0.114. The zero-order valence-electron chi connectivity index (χ0n) is 14.1. The monoisotopic (exact) mass is 400 g/mol. The molecule has 1 aromatic carbocycles. The molecule has 0 aliphatic heterocycles. The van der Waals surface area contributed by atoms with Crippen molar-refractivity contribution in [3.8, 4) is 0 Å². The van der Waals surface area contributed by atoms with Crippen LogP contribution in [0.4, 0.5) is 11.4 Å². The highest BCUT2D eigenvalue weighted by Crippen LogP contribution is 2.23. The van der Waals surface area contributed by atoms with E-state index in [4.69, 9.17) is 0 Å². The Hall–Kier alpha value is -2.67. The molecule has 7 heteroatoms. The normalized spacial score (nSPS) is 10.7. The maximum Gasteiger partial charge on any atom is 0.274 e. The van der Waals surface area contributed by atoms with Gasteiger partial charge in [0, 0.05) is 24.5 Å². The lowest BCUT2D eigenvalue weighted by Crippen LogP contribution is -2.16. The number of carbonyl (C=O) groups excluding carboxylic acids is 2. The predicted octanol–water partition coefficient (Wildman–Crippen LogP) is 3.92. The summed E-state index contributed by atoms with van der Waals surface area (Å²) in [6.45, 7) is 5.20. The number of pyridine rings is 1. The molecule has 6 nitrogen and oxygen atoms in total. The third-order valence-corrected chi connectivity index (χ3v) is 4.23. The van der Waals surface area contributed by atoms with Gasteiger partial charge in [-0.15, -0.1) is 0 Å². The number of hydrogen-bond acceptors (Lipinski definition) is 3. The Balaban J connectivity index is 1.96. The first kappa shape index (κ1) is 17.2. The van der Waals surface area contributed by atoms with Crippen LogP contribution in [0.5, 0.6) is 0 Å². The second-order valence-electron chi connectivity index (χ2n) is 5.82. The molecule has 25 heavy (non-hydrogen) atoms. The number of amides is 2. The van der Waals surface area contributed by atoms with E-state index >= 15 is 0 Å². The van der Waals surface area contributed by atoms with Crippen LogP contribution in [0.25, 0.3) is 5.65 Å². The van der Waals surface area contributed by atoms with Gasteiger partial charge < -0.3 is 10.6 Å². The first-order valence-corrected chi connectivity index (χ1v) is 8.48. The van der Waals surface area contributed by atoms with Gasteiger partial charge >= 0.3 is 0 Å². The van der Waals surface area contributed by atoms with Crippen LogP contribution >= 0.6 is 15.9 Å². The number of nitrogens with zero attached hydrogens (tertiary/aromatic N) is 2. The molecule has 0 fully saturated rings. The second kappa shape index (κ2) is 6.68. The van der Waals surface area contributed by atoms with Gasteiger partial charge in [0.25, 0.3) is 5.91 Å². The van der Waals surface area contributed by atoms with E-state index in [1.807, 2.05) is 19.2 Å². The number of aromatic nitrogens is 2. The minimum atomic E-state index is -0.262. The predicted molar refractivity (Wildman–Crippen MR) is 101 cm³/mol. The summed E-state index contributed by atoms with van der Waals surface area (Å²) in [6, 6.07) is 8.96. The molecule has 2 amide bonds. The van der Waals surface area contributed by atoms with Gasteiger partial charge in [0.15, 0.2) is 5.65 Å². The van der Waals surface area contributed by atoms with Crippen molar-refractivity contribution in [2.75, 3.05) is 10.6 Å². The Morgan fingerprint density at radius 3 is 2.48 bits per heavy atom. The van der Waals surface area contributed by atoms with E-state index in [-0.39, 0.29) is 11.8 Å². The molecule has 2 N–H and O–H groups in total. The second-order valence-corrected chi connectivity index (χ2v) is 6.68. The minimum Gasteiger partial charge on any atom is -0.326 e. The van der Waals surface area contributed by atoms with E-state index in [2.05, 4.69) is 31.5 Å². The number of imidazole rings is 1. The Labute approximate surface area is 153 Å². The van der Waals surface area contributed by atoms with E-state index in [1.165, 1.54) is 6.92 Å². The maximum absolute atomic E-state index is 12.8. The number of hydrogen-bond donors (Lipinski definition) is 2. The van der Waals surface area contributed by atoms with E-state index in [0.29, 0.717) is 28.4 Å². The van der Waals surface area contributed by atoms with Crippen molar-refractivity contribution in [1.82, 2.24) is 9.38 Å². The summed E-state index contributed by atoms with van der Waals surface area (Å²) in [6.07, 6.45) is 1.88. The Morgan fingerprint density at radius 2 is 1.80 bits per heavy atom. The van der Waals surface area contributed by atoms with Crippen LogP contribution in [0, 0.1) is 13.8 Å². The molecule has 0 aliphatic carbocycles. The lowest BCUT2D eigenvalue weighted by atomic mass is 10.2. The first-order chi connectivity index (χ1) is 11.8. The van der Waals surface area contributed by atoms with E-state index in [0.717, 1.165) is 10.0 Å². The fourth-order valence-corrected chi connectivity index (χ4v) is 3.33. The SMILES string of the molecule is CC(=O)Nc1cccc(NC(=O)c2c(C)nc3c(Br)cc(C)cn23)c1. The van der Waals surface area contributed by atoms with Crippen molar-refractivity contribution in [3.05, 3.63) is 58.0 Å².